The zero-order valence-corrected chi connectivity index (χ0v) is 20.2. The van der Waals surface area contributed by atoms with Crippen molar-refractivity contribution in [1.29, 1.82) is 0 Å². The Morgan fingerprint density at radius 2 is 1.57 bits per heavy atom. The van der Waals surface area contributed by atoms with Gasteiger partial charge in [-0.25, -0.2) is 13.9 Å². The molecule has 35 heavy (non-hydrogen) atoms. The van der Waals surface area contributed by atoms with Crippen LogP contribution in [0.3, 0.4) is 0 Å². The number of carbonyl (C=O) groups is 1. The second kappa shape index (κ2) is 12.0. The third kappa shape index (κ3) is 8.60. The fourth-order valence-corrected chi connectivity index (χ4v) is 6.04. The maximum Gasteiger partial charge on any atom is 0.573 e. The number of alkyl halides is 3. The molecule has 1 amide bonds. The third-order valence-electron chi connectivity index (χ3n) is 5.27. The molecule has 0 aliphatic carbocycles. The molecule has 3 rings (SSSR count). The van der Waals surface area contributed by atoms with Crippen LogP contribution in [-0.4, -0.2) is 67.7 Å². The van der Waals surface area contributed by atoms with E-state index in [4.69, 9.17) is 9.94 Å². The largest absolute Gasteiger partial charge is 0.573 e. The number of sulfone groups is 1. The van der Waals surface area contributed by atoms with Gasteiger partial charge in [-0.2, -0.15) is 11.8 Å². The minimum Gasteiger partial charge on any atom is -0.457 e. The van der Waals surface area contributed by atoms with Gasteiger partial charge in [0.05, 0.1) is 16.6 Å². The smallest absolute Gasteiger partial charge is 0.457 e. The highest BCUT2D eigenvalue weighted by Gasteiger charge is 2.31. The van der Waals surface area contributed by atoms with E-state index in [0.717, 1.165) is 36.7 Å². The van der Waals surface area contributed by atoms with Gasteiger partial charge < -0.3 is 14.4 Å². The number of thioether (sulfide) groups is 1. The lowest BCUT2D eigenvalue weighted by Crippen LogP contribution is -2.38. The van der Waals surface area contributed by atoms with Crippen molar-refractivity contribution in [2.24, 2.45) is 5.92 Å². The molecule has 1 aliphatic heterocycles. The summed E-state index contributed by atoms with van der Waals surface area (Å²) in [6.07, 6.45) is -4.52. The van der Waals surface area contributed by atoms with Crippen molar-refractivity contribution >= 4 is 27.5 Å². The summed E-state index contributed by atoms with van der Waals surface area (Å²) in [6.45, 7) is 2.28. The van der Waals surface area contributed by atoms with Crippen LogP contribution in [0.15, 0.2) is 53.4 Å². The maximum atomic E-state index is 12.9. The van der Waals surface area contributed by atoms with Gasteiger partial charge in [0.25, 0.3) is 0 Å². The first-order valence-electron chi connectivity index (χ1n) is 10.7. The highest BCUT2D eigenvalue weighted by atomic mass is 32.2. The van der Waals surface area contributed by atoms with E-state index < -0.39 is 39.5 Å². The highest BCUT2D eigenvalue weighted by Crippen LogP contribution is 2.28. The maximum absolute atomic E-state index is 12.9. The van der Waals surface area contributed by atoms with Crippen molar-refractivity contribution < 1.29 is 41.1 Å². The van der Waals surface area contributed by atoms with Gasteiger partial charge >= 0.3 is 6.36 Å². The van der Waals surface area contributed by atoms with Crippen LogP contribution in [0.5, 0.6) is 17.2 Å². The average molecular weight is 535 g/mol. The minimum atomic E-state index is -4.80. The summed E-state index contributed by atoms with van der Waals surface area (Å²) in [4.78, 5) is 14.2. The number of halogens is 3. The van der Waals surface area contributed by atoms with Gasteiger partial charge in [-0.3, -0.25) is 10.0 Å². The van der Waals surface area contributed by atoms with E-state index in [9.17, 15) is 26.4 Å². The summed E-state index contributed by atoms with van der Waals surface area (Å²) in [7, 11) is -3.85. The fraction of sp³-hybridized carbons (Fsp3) is 0.409. The lowest BCUT2D eigenvalue weighted by Gasteiger charge is -2.27. The molecule has 2 aromatic carbocycles. The molecular formula is C22H25F3N2O6S2. The lowest BCUT2D eigenvalue weighted by molar-refractivity contribution is -0.274. The molecule has 1 heterocycles. The lowest BCUT2D eigenvalue weighted by atomic mass is 10.1. The minimum absolute atomic E-state index is 0.0242. The Morgan fingerprint density at radius 1 is 1.03 bits per heavy atom. The number of benzene rings is 2. The Labute approximate surface area is 205 Å². The molecule has 13 heteroatoms. The van der Waals surface area contributed by atoms with Gasteiger partial charge in [0.15, 0.2) is 9.84 Å². The molecule has 1 unspecified atom stereocenters. The van der Waals surface area contributed by atoms with E-state index in [2.05, 4.69) is 9.64 Å². The van der Waals surface area contributed by atoms with Crippen molar-refractivity contribution in [3.8, 4) is 17.2 Å². The second-order valence-electron chi connectivity index (χ2n) is 7.79. The Balaban J connectivity index is 1.62. The molecular weight excluding hydrogens is 509 g/mol. The van der Waals surface area contributed by atoms with Crippen molar-refractivity contribution in [1.82, 2.24) is 10.4 Å². The highest BCUT2D eigenvalue weighted by molar-refractivity contribution is 7.99. The summed E-state index contributed by atoms with van der Waals surface area (Å²) < 4.78 is 71.9. The normalized spacial score (nSPS) is 15.9. The van der Waals surface area contributed by atoms with Crippen LogP contribution in [-0.2, 0) is 14.6 Å². The van der Waals surface area contributed by atoms with Crippen LogP contribution in [0, 0.1) is 5.92 Å². The van der Waals surface area contributed by atoms with Crippen molar-refractivity contribution in [3.63, 3.8) is 0 Å². The molecule has 0 radical (unpaired) electrons. The zero-order valence-electron chi connectivity index (χ0n) is 18.5. The Bertz CT molecular complexity index is 1070. The molecule has 1 fully saturated rings. The van der Waals surface area contributed by atoms with Gasteiger partial charge in [-0.05, 0) is 61.5 Å². The summed E-state index contributed by atoms with van der Waals surface area (Å²) >= 11 is 1.84. The van der Waals surface area contributed by atoms with E-state index in [1.165, 1.54) is 36.4 Å². The molecule has 0 saturated carbocycles. The van der Waals surface area contributed by atoms with E-state index in [0.29, 0.717) is 6.54 Å². The standard InChI is InChI=1S/C22H25F3N2O6S2/c23-22(24,25)33-19-3-1-17(2-4-19)32-18-5-7-20(8-6-18)35(30,31)15-16(21(28)26-29)9-10-27-11-13-34-14-12-27/h1-8,16,29H,9-15H2,(H,26,28). The van der Waals surface area contributed by atoms with Gasteiger partial charge in [-0.15, -0.1) is 13.2 Å². The van der Waals surface area contributed by atoms with E-state index in [1.54, 1.807) is 5.48 Å². The second-order valence-corrected chi connectivity index (χ2v) is 11.0. The third-order valence-corrected chi connectivity index (χ3v) is 8.05. The van der Waals surface area contributed by atoms with Crippen molar-refractivity contribution in [3.05, 3.63) is 48.5 Å². The van der Waals surface area contributed by atoms with Gasteiger partial charge in [0.2, 0.25) is 5.91 Å². The molecule has 0 aromatic heterocycles. The SMILES string of the molecule is O=C(NO)C(CCN1CCSCC1)CS(=O)(=O)c1ccc(Oc2ccc(OC(F)(F)F)cc2)cc1. The Kier molecular flexibility index (Phi) is 9.27. The van der Waals surface area contributed by atoms with Crippen molar-refractivity contribution in [2.75, 3.05) is 36.9 Å². The predicted molar refractivity (Wildman–Crippen MR) is 123 cm³/mol. The molecule has 1 saturated heterocycles. The predicted octanol–water partition coefficient (Wildman–Crippen LogP) is 3.71. The summed E-state index contributed by atoms with van der Waals surface area (Å²) in [5.74, 6) is -0.0859. The van der Waals surface area contributed by atoms with Crippen LogP contribution in [0.4, 0.5) is 13.2 Å². The van der Waals surface area contributed by atoms with Crippen LogP contribution < -0.4 is 15.0 Å². The topological polar surface area (TPSA) is 105 Å². The number of rotatable bonds is 10. The molecule has 0 spiro atoms. The number of carbonyl (C=O) groups excluding carboxylic acids is 1. The Hall–Kier alpha value is -2.48. The Morgan fingerprint density at radius 3 is 2.11 bits per heavy atom. The summed E-state index contributed by atoms with van der Waals surface area (Å²) in [5.41, 5.74) is 1.56. The van der Waals surface area contributed by atoms with Crippen LogP contribution in [0.2, 0.25) is 0 Å². The zero-order chi connectivity index (χ0) is 25.5. The van der Waals surface area contributed by atoms with E-state index >= 15 is 0 Å². The summed E-state index contributed by atoms with van der Waals surface area (Å²) in [6, 6.07) is 10.2. The van der Waals surface area contributed by atoms with Crippen LogP contribution in [0.25, 0.3) is 0 Å². The first kappa shape index (κ1) is 27.1. The number of amides is 1. The quantitative estimate of drug-likeness (QED) is 0.351. The van der Waals surface area contributed by atoms with Crippen LogP contribution in [0.1, 0.15) is 6.42 Å². The first-order valence-corrected chi connectivity index (χ1v) is 13.5. The number of hydroxylamine groups is 1. The van der Waals surface area contributed by atoms with E-state index in [1.807, 2.05) is 11.8 Å². The average Bonchev–Trinajstić information content (AvgIpc) is 2.82. The van der Waals surface area contributed by atoms with Gasteiger partial charge in [0.1, 0.15) is 17.2 Å². The number of nitrogens with zero attached hydrogens (tertiary/aromatic N) is 1. The number of ether oxygens (including phenoxy) is 2. The molecule has 2 N–H and O–H groups in total. The number of hydrogen-bond donors (Lipinski definition) is 2. The van der Waals surface area contributed by atoms with Gasteiger partial charge in [0, 0.05) is 24.6 Å². The summed E-state index contributed by atoms with van der Waals surface area (Å²) in [5, 5.41) is 9.07. The monoisotopic (exact) mass is 534 g/mol. The molecule has 8 nitrogen and oxygen atoms in total. The van der Waals surface area contributed by atoms with Crippen molar-refractivity contribution in [2.45, 2.75) is 17.7 Å². The number of hydrogen-bond acceptors (Lipinski definition) is 8. The van der Waals surface area contributed by atoms with Gasteiger partial charge in [-0.1, -0.05) is 0 Å². The molecule has 192 valence electrons. The molecule has 2 aromatic rings. The molecule has 1 aliphatic rings. The first-order chi connectivity index (χ1) is 16.6. The molecule has 1 atom stereocenters. The fourth-order valence-electron chi connectivity index (χ4n) is 3.47. The van der Waals surface area contributed by atoms with E-state index in [-0.39, 0.29) is 22.8 Å². The molecule has 0 bridgehead atoms. The number of nitrogens with one attached hydrogen (secondary N) is 1. The van der Waals surface area contributed by atoms with Crippen LogP contribution >= 0.6 is 11.8 Å².